The molecule has 2 fully saturated rings. The molecule has 0 saturated carbocycles. The molecule has 2 aliphatic rings. The van der Waals surface area contributed by atoms with Gasteiger partial charge in [0, 0.05) is 19.3 Å². The van der Waals surface area contributed by atoms with E-state index in [0.717, 1.165) is 49.8 Å². The van der Waals surface area contributed by atoms with Crippen molar-refractivity contribution in [2.24, 2.45) is 4.99 Å². The fraction of sp³-hybridized carbons (Fsp3) is 0.844. The quantitative estimate of drug-likeness (QED) is 0.0521. The van der Waals surface area contributed by atoms with Gasteiger partial charge in [0.2, 0.25) is 0 Å². The molecule has 258 valence electrons. The number of phosphoric acid groups is 1. The van der Waals surface area contributed by atoms with Gasteiger partial charge < -0.3 is 24.7 Å². The fourth-order valence-electron chi connectivity index (χ4n) is 5.80. The predicted molar refractivity (Wildman–Crippen MR) is 175 cm³/mol. The van der Waals surface area contributed by atoms with Gasteiger partial charge in [-0.25, -0.2) is 14.4 Å². The zero-order valence-electron chi connectivity index (χ0n) is 27.2. The molecule has 1 unspecified atom stereocenters. The monoisotopic (exact) mass is 656 g/mol. The smallest absolute Gasteiger partial charge is 0.387 e. The van der Waals surface area contributed by atoms with E-state index in [-0.39, 0.29) is 12.4 Å². The molecular formula is C32H57N4O8P. The van der Waals surface area contributed by atoms with Gasteiger partial charge in [-0.15, -0.1) is 0 Å². The molecule has 13 heteroatoms. The minimum atomic E-state index is -4.38. The summed E-state index contributed by atoms with van der Waals surface area (Å²) in [7, 11) is -4.38. The number of nitrogens with zero attached hydrogens (tertiary/aromatic N) is 4. The second-order valence-corrected chi connectivity index (χ2v) is 13.9. The van der Waals surface area contributed by atoms with Crippen molar-refractivity contribution < 1.29 is 33.5 Å². The van der Waals surface area contributed by atoms with Crippen LogP contribution in [0.1, 0.15) is 129 Å². The van der Waals surface area contributed by atoms with E-state index in [2.05, 4.69) is 16.9 Å². The number of hydrogen-bond donors (Lipinski definition) is 3. The van der Waals surface area contributed by atoms with Gasteiger partial charge in [0.05, 0.1) is 19.6 Å². The van der Waals surface area contributed by atoms with Crippen molar-refractivity contribution in [1.29, 1.82) is 0 Å². The van der Waals surface area contributed by atoms with Crippen LogP contribution >= 0.6 is 7.82 Å². The van der Waals surface area contributed by atoms with Crippen molar-refractivity contribution in [3.63, 3.8) is 0 Å². The first-order valence-corrected chi connectivity index (χ1v) is 18.8. The molecule has 2 saturated heterocycles. The minimum Gasteiger partial charge on any atom is -0.387 e. The lowest BCUT2D eigenvalue weighted by molar-refractivity contribution is -0.0551. The summed E-state index contributed by atoms with van der Waals surface area (Å²) in [5.74, 6) is 0.221. The van der Waals surface area contributed by atoms with Crippen molar-refractivity contribution in [3.8, 4) is 0 Å². The van der Waals surface area contributed by atoms with E-state index in [9.17, 15) is 24.5 Å². The van der Waals surface area contributed by atoms with Gasteiger partial charge in [-0.1, -0.05) is 103 Å². The summed E-state index contributed by atoms with van der Waals surface area (Å²) < 4.78 is 29.2. The molecular weight excluding hydrogens is 599 g/mol. The summed E-state index contributed by atoms with van der Waals surface area (Å²) in [6.07, 6.45) is 19.7. The third-order valence-corrected chi connectivity index (χ3v) is 9.56. The predicted octanol–water partition coefficient (Wildman–Crippen LogP) is 6.01. The molecule has 3 N–H and O–H groups in total. The number of likely N-dealkylation sites (tertiary alicyclic amines) is 1. The number of rotatable bonds is 24. The third-order valence-electron chi connectivity index (χ3n) is 8.57. The van der Waals surface area contributed by atoms with Crippen LogP contribution in [-0.4, -0.2) is 80.5 Å². The summed E-state index contributed by atoms with van der Waals surface area (Å²) in [6, 6.07) is 1.51. The Morgan fingerprint density at radius 1 is 0.911 bits per heavy atom. The highest BCUT2D eigenvalue weighted by Gasteiger charge is 2.45. The highest BCUT2D eigenvalue weighted by Crippen LogP contribution is 2.44. The molecule has 5 atom stereocenters. The van der Waals surface area contributed by atoms with Crippen LogP contribution in [0.3, 0.4) is 0 Å². The van der Waals surface area contributed by atoms with Gasteiger partial charge in [0.15, 0.2) is 12.0 Å². The zero-order valence-corrected chi connectivity index (χ0v) is 28.1. The third kappa shape index (κ3) is 14.3. The van der Waals surface area contributed by atoms with Gasteiger partial charge >= 0.3 is 13.5 Å². The van der Waals surface area contributed by atoms with Gasteiger partial charge in [-0.05, 0) is 25.3 Å². The molecule has 0 spiro atoms. The van der Waals surface area contributed by atoms with Gasteiger partial charge in [-0.2, -0.15) is 4.98 Å². The first kappa shape index (κ1) is 37.8. The highest BCUT2D eigenvalue weighted by atomic mass is 31.2. The number of aromatic nitrogens is 2. The Hall–Kier alpha value is -1.66. The molecule has 0 aromatic carbocycles. The molecule has 1 aromatic rings. The van der Waals surface area contributed by atoms with Crippen molar-refractivity contribution in [1.82, 2.24) is 14.5 Å². The topological polar surface area (TPSA) is 156 Å². The van der Waals surface area contributed by atoms with E-state index in [0.29, 0.717) is 6.42 Å². The second-order valence-electron chi connectivity index (χ2n) is 12.4. The minimum absolute atomic E-state index is 0.0825. The summed E-state index contributed by atoms with van der Waals surface area (Å²) in [6.45, 7) is 3.66. The van der Waals surface area contributed by atoms with E-state index >= 15 is 0 Å². The molecule has 1 aromatic heterocycles. The number of aliphatic hydroxyl groups excluding tert-OH is 2. The number of aliphatic imine (C=N–C) groups is 1. The Morgan fingerprint density at radius 2 is 1.47 bits per heavy atom. The zero-order chi connectivity index (χ0) is 32.3. The van der Waals surface area contributed by atoms with E-state index in [1.807, 2.05) is 4.90 Å². The molecule has 3 heterocycles. The van der Waals surface area contributed by atoms with Crippen molar-refractivity contribution in [3.05, 3.63) is 22.7 Å². The maximum Gasteiger partial charge on any atom is 0.472 e. The van der Waals surface area contributed by atoms with Crippen LogP contribution in [0.2, 0.25) is 0 Å². The molecule has 0 radical (unpaired) electrons. The lowest BCUT2D eigenvalue weighted by Crippen LogP contribution is -2.36. The van der Waals surface area contributed by atoms with Crippen LogP contribution in [0.5, 0.6) is 0 Å². The Balaban J connectivity index is 1.23. The Morgan fingerprint density at radius 3 is 2.02 bits per heavy atom. The first-order chi connectivity index (χ1) is 21.8. The summed E-state index contributed by atoms with van der Waals surface area (Å²) in [5.41, 5.74) is -0.709. The molecule has 2 aliphatic heterocycles. The Labute approximate surface area is 268 Å². The largest absolute Gasteiger partial charge is 0.472 e. The molecule has 45 heavy (non-hydrogen) atoms. The lowest BCUT2D eigenvalue weighted by Gasteiger charge is -2.18. The maximum absolute atomic E-state index is 12.6. The Kier molecular flexibility index (Phi) is 17.9. The summed E-state index contributed by atoms with van der Waals surface area (Å²) in [5, 5.41) is 20.9. The number of unbranched alkanes of at least 4 members (excludes halogenated alkanes) is 15. The maximum atomic E-state index is 12.6. The molecule has 12 nitrogen and oxygen atoms in total. The average molecular weight is 657 g/mol. The Bertz CT molecular complexity index is 1080. The lowest BCUT2D eigenvalue weighted by atomic mass is 10.0. The number of aliphatic hydroxyl groups is 2. The van der Waals surface area contributed by atoms with E-state index in [4.69, 9.17) is 13.8 Å². The molecule has 0 bridgehead atoms. The van der Waals surface area contributed by atoms with Crippen LogP contribution in [-0.2, 0) is 18.3 Å². The van der Waals surface area contributed by atoms with Crippen molar-refractivity contribution in [2.75, 3.05) is 26.3 Å². The fourth-order valence-corrected chi connectivity index (χ4v) is 6.57. The molecule has 0 amide bonds. The van der Waals surface area contributed by atoms with Gasteiger partial charge in [0.1, 0.15) is 18.3 Å². The number of phosphoric ester groups is 1. The highest BCUT2D eigenvalue weighted by molar-refractivity contribution is 7.47. The van der Waals surface area contributed by atoms with Crippen LogP contribution < -0.4 is 5.69 Å². The molecule has 0 aliphatic carbocycles. The molecule has 3 rings (SSSR count). The van der Waals surface area contributed by atoms with Crippen molar-refractivity contribution in [2.45, 2.75) is 147 Å². The first-order valence-electron chi connectivity index (χ1n) is 17.3. The van der Waals surface area contributed by atoms with Gasteiger partial charge in [0.25, 0.3) is 0 Å². The summed E-state index contributed by atoms with van der Waals surface area (Å²) >= 11 is 0. The number of hydrogen-bond acceptors (Lipinski definition) is 9. The van der Waals surface area contributed by atoms with E-state index < -0.39 is 44.7 Å². The summed E-state index contributed by atoms with van der Waals surface area (Å²) in [4.78, 5) is 32.8. The van der Waals surface area contributed by atoms with Crippen LogP contribution in [0.4, 0.5) is 5.82 Å². The number of ether oxygens (including phenoxy) is 1. The SMILES string of the molecule is CCCCCCCCCCCCCCCCCCOP(=O)(O)OC[C@H]1O[C@@H](n2ccc(N=CN3CCCC3)nc2=O)[C@@H](O)[C@@H]1O. The standard InChI is InChI=1S/C32H57N4O8P/c1-2-3-4-5-6-7-8-9-10-11-12-13-14-15-16-19-24-42-45(40,41)43-25-27-29(37)30(38)31(44-27)36-23-20-28(34-32(36)39)33-26-35-21-17-18-22-35/h20,23,26-27,29-31,37-38H,2-19,21-22,24-25H2,1H3,(H,40,41)/t27-,29-,30+,31-/m1/s1. The van der Waals surface area contributed by atoms with E-state index in [1.54, 1.807) is 6.34 Å². The second kappa shape index (κ2) is 21.3. The normalized spacial score (nSPS) is 23.3. The van der Waals surface area contributed by atoms with Crippen molar-refractivity contribution >= 4 is 20.0 Å². The van der Waals surface area contributed by atoms with Crippen LogP contribution in [0.15, 0.2) is 22.1 Å². The van der Waals surface area contributed by atoms with Gasteiger partial charge in [-0.3, -0.25) is 13.6 Å². The van der Waals surface area contributed by atoms with Crippen LogP contribution in [0, 0.1) is 0 Å². The van der Waals surface area contributed by atoms with Crippen LogP contribution in [0.25, 0.3) is 0 Å². The average Bonchev–Trinajstić information content (AvgIpc) is 3.64. The van der Waals surface area contributed by atoms with E-state index in [1.165, 1.54) is 89.3 Å².